The lowest BCUT2D eigenvalue weighted by Crippen LogP contribution is -2.11. The maximum atomic E-state index is 10.8. The third-order valence-corrected chi connectivity index (χ3v) is 3.31. The van der Waals surface area contributed by atoms with Gasteiger partial charge in [0.05, 0.1) is 4.92 Å². The number of hydrogen-bond acceptors (Lipinski definition) is 4. The van der Waals surface area contributed by atoms with Crippen LogP contribution in [0.3, 0.4) is 0 Å². The van der Waals surface area contributed by atoms with Gasteiger partial charge < -0.3 is 10.6 Å². The van der Waals surface area contributed by atoms with E-state index in [9.17, 15) is 10.1 Å². The standard InChI is InChI=1S/C15H17N3O2/c1-10-4-6-14(11(2)8-10)17(3)12-5-7-15(18(19)20)13(16)9-12/h4-9H,16H2,1-3H3. The highest BCUT2D eigenvalue weighted by Crippen LogP contribution is 2.31. The molecule has 0 aliphatic heterocycles. The van der Waals surface area contributed by atoms with E-state index in [1.54, 1.807) is 12.1 Å². The van der Waals surface area contributed by atoms with E-state index in [2.05, 4.69) is 6.07 Å². The van der Waals surface area contributed by atoms with E-state index in [1.165, 1.54) is 11.6 Å². The molecule has 0 fully saturated rings. The molecule has 0 saturated carbocycles. The Morgan fingerprint density at radius 2 is 1.85 bits per heavy atom. The Morgan fingerprint density at radius 3 is 2.40 bits per heavy atom. The number of nitro groups is 1. The molecule has 5 heteroatoms. The number of anilines is 3. The fraction of sp³-hybridized carbons (Fsp3) is 0.200. The fourth-order valence-electron chi connectivity index (χ4n) is 2.24. The first-order valence-electron chi connectivity index (χ1n) is 6.25. The maximum Gasteiger partial charge on any atom is 0.292 e. The molecule has 0 amide bonds. The molecule has 2 N–H and O–H groups in total. The summed E-state index contributed by atoms with van der Waals surface area (Å²) in [5.41, 5.74) is 10.0. The summed E-state index contributed by atoms with van der Waals surface area (Å²) in [5, 5.41) is 10.8. The fourth-order valence-corrected chi connectivity index (χ4v) is 2.24. The van der Waals surface area contributed by atoms with Gasteiger partial charge in [-0.3, -0.25) is 10.1 Å². The zero-order chi connectivity index (χ0) is 14.9. The average molecular weight is 271 g/mol. The van der Waals surface area contributed by atoms with Crippen molar-refractivity contribution in [1.29, 1.82) is 0 Å². The third-order valence-electron chi connectivity index (χ3n) is 3.31. The predicted octanol–water partition coefficient (Wildman–Crippen LogP) is 3.56. The number of benzene rings is 2. The van der Waals surface area contributed by atoms with Crippen molar-refractivity contribution in [1.82, 2.24) is 0 Å². The minimum atomic E-state index is -0.476. The van der Waals surface area contributed by atoms with Gasteiger partial charge in [-0.25, -0.2) is 0 Å². The third kappa shape index (κ3) is 2.56. The SMILES string of the molecule is Cc1ccc(N(C)c2ccc([N+](=O)[O-])c(N)c2)c(C)c1. The van der Waals surface area contributed by atoms with Gasteiger partial charge in [0.1, 0.15) is 5.69 Å². The Labute approximate surface area is 117 Å². The molecule has 20 heavy (non-hydrogen) atoms. The van der Waals surface area contributed by atoms with Crippen molar-refractivity contribution in [2.24, 2.45) is 0 Å². The minimum absolute atomic E-state index is 0.0669. The van der Waals surface area contributed by atoms with Gasteiger partial charge in [0.25, 0.3) is 5.69 Å². The molecule has 0 spiro atoms. The van der Waals surface area contributed by atoms with Gasteiger partial charge >= 0.3 is 0 Å². The summed E-state index contributed by atoms with van der Waals surface area (Å²) in [5.74, 6) is 0. The van der Waals surface area contributed by atoms with Crippen molar-refractivity contribution in [3.8, 4) is 0 Å². The molecule has 0 aliphatic rings. The minimum Gasteiger partial charge on any atom is -0.393 e. The van der Waals surface area contributed by atoms with Gasteiger partial charge in [-0.15, -0.1) is 0 Å². The second-order valence-electron chi connectivity index (χ2n) is 4.85. The molecule has 0 aliphatic carbocycles. The highest BCUT2D eigenvalue weighted by atomic mass is 16.6. The quantitative estimate of drug-likeness (QED) is 0.526. The number of nitro benzene ring substituents is 1. The van der Waals surface area contributed by atoms with Crippen LogP contribution in [0.1, 0.15) is 11.1 Å². The Balaban J connectivity index is 2.40. The topological polar surface area (TPSA) is 72.4 Å². The van der Waals surface area contributed by atoms with E-state index >= 15 is 0 Å². The maximum absolute atomic E-state index is 10.8. The highest BCUT2D eigenvalue weighted by Gasteiger charge is 2.14. The van der Waals surface area contributed by atoms with Gasteiger partial charge in [0.2, 0.25) is 0 Å². The van der Waals surface area contributed by atoms with Crippen LogP contribution in [0.25, 0.3) is 0 Å². The normalized spacial score (nSPS) is 10.3. The van der Waals surface area contributed by atoms with E-state index in [-0.39, 0.29) is 11.4 Å². The van der Waals surface area contributed by atoms with Crippen LogP contribution in [0.2, 0.25) is 0 Å². The molecule has 0 saturated heterocycles. The number of rotatable bonds is 3. The molecule has 2 rings (SSSR count). The summed E-state index contributed by atoms with van der Waals surface area (Å²) < 4.78 is 0. The Kier molecular flexibility index (Phi) is 3.61. The molecular formula is C15H17N3O2. The van der Waals surface area contributed by atoms with Gasteiger partial charge in [-0.05, 0) is 37.6 Å². The largest absolute Gasteiger partial charge is 0.393 e. The predicted molar refractivity (Wildman–Crippen MR) is 81.5 cm³/mol. The van der Waals surface area contributed by atoms with Gasteiger partial charge in [0, 0.05) is 24.5 Å². The second-order valence-corrected chi connectivity index (χ2v) is 4.85. The molecule has 2 aromatic rings. The van der Waals surface area contributed by atoms with Gasteiger partial charge in [-0.2, -0.15) is 0 Å². The molecule has 0 bridgehead atoms. The summed E-state index contributed by atoms with van der Waals surface area (Å²) in [4.78, 5) is 12.3. The molecule has 104 valence electrons. The molecule has 2 aromatic carbocycles. The van der Waals surface area contributed by atoms with Crippen molar-refractivity contribution in [2.75, 3.05) is 17.7 Å². The highest BCUT2D eigenvalue weighted by molar-refractivity contribution is 5.72. The van der Waals surface area contributed by atoms with Crippen LogP contribution < -0.4 is 10.6 Å². The molecule has 5 nitrogen and oxygen atoms in total. The van der Waals surface area contributed by atoms with Gasteiger partial charge in [-0.1, -0.05) is 17.7 Å². The zero-order valence-corrected chi connectivity index (χ0v) is 11.8. The number of nitrogens with two attached hydrogens (primary N) is 1. The summed E-state index contributed by atoms with van der Waals surface area (Å²) in [6, 6.07) is 10.9. The molecular weight excluding hydrogens is 254 g/mol. The van der Waals surface area contributed by atoms with Crippen LogP contribution in [0.5, 0.6) is 0 Å². The molecule has 0 atom stereocenters. The first-order valence-corrected chi connectivity index (χ1v) is 6.25. The number of nitrogens with zero attached hydrogens (tertiary/aromatic N) is 2. The molecule has 0 radical (unpaired) electrons. The lowest BCUT2D eigenvalue weighted by molar-refractivity contribution is -0.383. The Morgan fingerprint density at radius 1 is 1.15 bits per heavy atom. The van der Waals surface area contributed by atoms with Gasteiger partial charge in [0.15, 0.2) is 0 Å². The van der Waals surface area contributed by atoms with E-state index in [0.717, 1.165) is 16.9 Å². The van der Waals surface area contributed by atoms with Crippen molar-refractivity contribution in [3.63, 3.8) is 0 Å². The smallest absolute Gasteiger partial charge is 0.292 e. The van der Waals surface area contributed by atoms with Crippen molar-refractivity contribution in [2.45, 2.75) is 13.8 Å². The molecule has 0 heterocycles. The first kappa shape index (κ1) is 13.9. The van der Waals surface area contributed by atoms with Crippen molar-refractivity contribution >= 4 is 22.7 Å². The second kappa shape index (κ2) is 5.21. The summed E-state index contributed by atoms with van der Waals surface area (Å²) in [7, 11) is 1.91. The van der Waals surface area contributed by atoms with Crippen LogP contribution in [-0.2, 0) is 0 Å². The monoisotopic (exact) mass is 271 g/mol. The first-order chi connectivity index (χ1) is 9.40. The molecule has 0 aromatic heterocycles. The summed E-state index contributed by atoms with van der Waals surface area (Å²) >= 11 is 0. The van der Waals surface area contributed by atoms with Crippen LogP contribution in [0.4, 0.5) is 22.7 Å². The molecule has 0 unspecified atom stereocenters. The van der Waals surface area contributed by atoms with Crippen LogP contribution in [0, 0.1) is 24.0 Å². The van der Waals surface area contributed by atoms with Crippen LogP contribution in [-0.4, -0.2) is 12.0 Å². The zero-order valence-electron chi connectivity index (χ0n) is 11.8. The van der Waals surface area contributed by atoms with E-state index in [1.807, 2.05) is 37.9 Å². The summed E-state index contributed by atoms with van der Waals surface area (Å²) in [6.07, 6.45) is 0. The van der Waals surface area contributed by atoms with Crippen molar-refractivity contribution < 1.29 is 4.92 Å². The van der Waals surface area contributed by atoms with Crippen LogP contribution in [0.15, 0.2) is 36.4 Å². The lowest BCUT2D eigenvalue weighted by atomic mass is 10.1. The van der Waals surface area contributed by atoms with Crippen LogP contribution >= 0.6 is 0 Å². The summed E-state index contributed by atoms with van der Waals surface area (Å²) in [6.45, 7) is 4.08. The Hall–Kier alpha value is -2.56. The Bertz CT molecular complexity index is 668. The number of nitrogen functional groups attached to an aromatic ring is 1. The average Bonchev–Trinajstić information content (AvgIpc) is 2.37. The van der Waals surface area contributed by atoms with Crippen molar-refractivity contribution in [3.05, 3.63) is 57.6 Å². The number of hydrogen-bond donors (Lipinski definition) is 1. The number of aryl methyl sites for hydroxylation is 2. The van der Waals surface area contributed by atoms with E-state index in [0.29, 0.717) is 0 Å². The van der Waals surface area contributed by atoms with E-state index < -0.39 is 4.92 Å². The van der Waals surface area contributed by atoms with E-state index in [4.69, 9.17) is 5.73 Å². The lowest BCUT2D eigenvalue weighted by Gasteiger charge is -2.22.